The van der Waals surface area contributed by atoms with Crippen molar-refractivity contribution in [2.24, 2.45) is 0 Å². The molecule has 5 rings (SSSR count). The van der Waals surface area contributed by atoms with Crippen LogP contribution in [0.1, 0.15) is 29.6 Å². The molecule has 0 atom stereocenters. The van der Waals surface area contributed by atoms with Crippen LogP contribution in [0.2, 0.25) is 0 Å². The number of aromatic nitrogens is 1. The van der Waals surface area contributed by atoms with E-state index in [1.54, 1.807) is 30.5 Å². The Hall–Kier alpha value is -3.93. The fourth-order valence-corrected chi connectivity index (χ4v) is 3.73. The number of pyridine rings is 1. The predicted molar refractivity (Wildman–Crippen MR) is 127 cm³/mol. The fraction of sp³-hybridized carbons (Fsp3) is 0.154. The molecule has 1 aliphatic carbocycles. The molecule has 3 aromatic carbocycles. The summed E-state index contributed by atoms with van der Waals surface area (Å²) in [6.07, 6.45) is 5.41. The number of rotatable bonds is 6. The fourth-order valence-electron chi connectivity index (χ4n) is 3.73. The van der Waals surface area contributed by atoms with E-state index in [4.69, 9.17) is 0 Å². The third-order valence-electron chi connectivity index (χ3n) is 5.75. The number of fused-ring (bicyclic) bond motifs is 1. The van der Waals surface area contributed by atoms with Gasteiger partial charge in [0.15, 0.2) is 0 Å². The highest BCUT2D eigenvalue weighted by Gasteiger charge is 2.16. The van der Waals surface area contributed by atoms with E-state index in [0.29, 0.717) is 22.5 Å². The van der Waals surface area contributed by atoms with E-state index in [2.05, 4.69) is 20.9 Å². The molecule has 1 fully saturated rings. The number of hydrogen-bond donors (Lipinski definition) is 3. The molecule has 0 unspecified atom stereocenters. The first-order chi connectivity index (χ1) is 15.6. The van der Waals surface area contributed by atoms with Gasteiger partial charge in [0.05, 0.1) is 5.52 Å². The van der Waals surface area contributed by atoms with Crippen LogP contribution < -0.4 is 16.0 Å². The molecule has 1 aliphatic rings. The second-order valence-electron chi connectivity index (χ2n) is 8.03. The smallest absolute Gasteiger partial charge is 0.255 e. The van der Waals surface area contributed by atoms with Crippen LogP contribution in [-0.2, 0) is 0 Å². The monoisotopic (exact) mass is 426 g/mol. The summed E-state index contributed by atoms with van der Waals surface area (Å²) in [6, 6.07) is 21.8. The summed E-state index contributed by atoms with van der Waals surface area (Å²) in [6.45, 7) is 0. The molecule has 0 radical (unpaired) electrons. The second-order valence-corrected chi connectivity index (χ2v) is 8.03. The van der Waals surface area contributed by atoms with Gasteiger partial charge in [-0.05, 0) is 92.1 Å². The second kappa shape index (κ2) is 8.67. The van der Waals surface area contributed by atoms with Crippen LogP contribution in [0, 0.1) is 5.82 Å². The molecule has 160 valence electrons. The number of halogens is 1. The number of benzene rings is 3. The van der Waals surface area contributed by atoms with Crippen molar-refractivity contribution in [1.82, 2.24) is 4.98 Å². The van der Waals surface area contributed by atoms with Gasteiger partial charge in [0.25, 0.3) is 5.91 Å². The van der Waals surface area contributed by atoms with Gasteiger partial charge < -0.3 is 16.0 Å². The molecule has 0 spiro atoms. The molecule has 5 nitrogen and oxygen atoms in total. The van der Waals surface area contributed by atoms with Crippen molar-refractivity contribution < 1.29 is 9.18 Å². The topological polar surface area (TPSA) is 66.1 Å². The molecule has 1 heterocycles. The van der Waals surface area contributed by atoms with Crippen LogP contribution in [0.5, 0.6) is 0 Å². The molecule has 1 aromatic heterocycles. The van der Waals surface area contributed by atoms with Crippen LogP contribution in [0.3, 0.4) is 0 Å². The zero-order valence-electron chi connectivity index (χ0n) is 17.4. The lowest BCUT2D eigenvalue weighted by Gasteiger charge is -2.27. The first-order valence-electron chi connectivity index (χ1n) is 10.7. The van der Waals surface area contributed by atoms with Gasteiger partial charge in [0, 0.05) is 45.9 Å². The lowest BCUT2D eigenvalue weighted by atomic mass is 9.93. The van der Waals surface area contributed by atoms with Crippen molar-refractivity contribution in [2.45, 2.75) is 25.3 Å². The Bertz CT molecular complexity index is 1250. The first kappa shape index (κ1) is 20.0. The number of amides is 1. The van der Waals surface area contributed by atoms with Crippen molar-refractivity contribution in [3.63, 3.8) is 0 Å². The largest absolute Gasteiger partial charge is 0.382 e. The summed E-state index contributed by atoms with van der Waals surface area (Å²) >= 11 is 0. The maximum absolute atomic E-state index is 13.7. The third kappa shape index (κ3) is 4.39. The van der Waals surface area contributed by atoms with E-state index in [1.165, 1.54) is 31.4 Å². The highest BCUT2D eigenvalue weighted by atomic mass is 19.1. The zero-order chi connectivity index (χ0) is 21.9. The van der Waals surface area contributed by atoms with E-state index in [-0.39, 0.29) is 11.7 Å². The summed E-state index contributed by atoms with van der Waals surface area (Å²) in [4.78, 5) is 16.9. The number of carbonyl (C=O) groups is 1. The number of carbonyl (C=O) groups excluding carboxylic acids is 1. The maximum Gasteiger partial charge on any atom is 0.255 e. The average molecular weight is 426 g/mol. The SMILES string of the molecule is O=C(Nc1ccc(NC2CCC2)cc1)c1ccc(Nc2ccnc3ccc(F)cc23)cc1. The predicted octanol–water partition coefficient (Wildman–Crippen LogP) is 6.33. The van der Waals surface area contributed by atoms with Gasteiger partial charge >= 0.3 is 0 Å². The van der Waals surface area contributed by atoms with Crippen molar-refractivity contribution in [1.29, 1.82) is 0 Å². The Kier molecular flexibility index (Phi) is 5.42. The van der Waals surface area contributed by atoms with Crippen molar-refractivity contribution in [3.8, 4) is 0 Å². The summed E-state index contributed by atoms with van der Waals surface area (Å²) < 4.78 is 13.7. The molecule has 1 saturated carbocycles. The molecular formula is C26H23FN4O. The van der Waals surface area contributed by atoms with Gasteiger partial charge in [-0.2, -0.15) is 0 Å². The van der Waals surface area contributed by atoms with Crippen molar-refractivity contribution >= 4 is 39.6 Å². The molecule has 3 N–H and O–H groups in total. The Balaban J connectivity index is 1.24. The van der Waals surface area contributed by atoms with Crippen LogP contribution >= 0.6 is 0 Å². The van der Waals surface area contributed by atoms with E-state index in [0.717, 1.165) is 22.7 Å². The van der Waals surface area contributed by atoms with E-state index in [1.807, 2.05) is 36.4 Å². The Morgan fingerprint density at radius 1 is 0.875 bits per heavy atom. The van der Waals surface area contributed by atoms with Crippen LogP contribution in [0.25, 0.3) is 10.9 Å². The van der Waals surface area contributed by atoms with Gasteiger partial charge in [-0.25, -0.2) is 4.39 Å². The number of hydrogen-bond acceptors (Lipinski definition) is 4. The summed E-state index contributed by atoms with van der Waals surface area (Å²) in [5.41, 5.74) is 4.64. The van der Waals surface area contributed by atoms with Crippen LogP contribution in [0.15, 0.2) is 79.0 Å². The van der Waals surface area contributed by atoms with Crippen molar-refractivity contribution in [2.75, 3.05) is 16.0 Å². The first-order valence-corrected chi connectivity index (χ1v) is 10.7. The van der Waals surface area contributed by atoms with Gasteiger partial charge in [0.1, 0.15) is 5.82 Å². The van der Waals surface area contributed by atoms with Crippen molar-refractivity contribution in [3.05, 3.63) is 90.4 Å². The van der Waals surface area contributed by atoms with Gasteiger partial charge in [-0.3, -0.25) is 9.78 Å². The minimum atomic E-state index is -0.313. The highest BCUT2D eigenvalue weighted by molar-refractivity contribution is 6.04. The Morgan fingerprint density at radius 2 is 1.59 bits per heavy atom. The molecule has 6 heteroatoms. The lowest BCUT2D eigenvalue weighted by Crippen LogP contribution is -2.26. The van der Waals surface area contributed by atoms with Crippen LogP contribution in [0.4, 0.5) is 27.1 Å². The quantitative estimate of drug-likeness (QED) is 0.337. The van der Waals surface area contributed by atoms with Gasteiger partial charge in [-0.1, -0.05) is 0 Å². The summed E-state index contributed by atoms with van der Waals surface area (Å²) in [7, 11) is 0. The molecular weight excluding hydrogens is 403 g/mol. The maximum atomic E-state index is 13.7. The Labute approximate surface area is 185 Å². The molecule has 1 amide bonds. The van der Waals surface area contributed by atoms with Gasteiger partial charge in [0.2, 0.25) is 0 Å². The molecule has 0 bridgehead atoms. The highest BCUT2D eigenvalue weighted by Crippen LogP contribution is 2.27. The van der Waals surface area contributed by atoms with Crippen LogP contribution in [-0.4, -0.2) is 16.9 Å². The standard InChI is InChI=1S/C26H23FN4O/c27-18-6-13-24-23(16-18)25(14-15-28-24)30-21-7-4-17(5-8-21)26(32)31-22-11-9-20(10-12-22)29-19-2-1-3-19/h4-16,19,29H,1-3H2,(H,28,30)(H,31,32). The number of nitrogens with one attached hydrogen (secondary N) is 3. The lowest BCUT2D eigenvalue weighted by molar-refractivity contribution is 0.102. The van der Waals surface area contributed by atoms with E-state index in [9.17, 15) is 9.18 Å². The summed E-state index contributed by atoms with van der Waals surface area (Å²) in [5.74, 6) is -0.486. The molecule has 0 aliphatic heterocycles. The minimum absolute atomic E-state index is 0.173. The van der Waals surface area contributed by atoms with E-state index < -0.39 is 0 Å². The molecule has 0 saturated heterocycles. The minimum Gasteiger partial charge on any atom is -0.382 e. The number of anilines is 4. The molecule has 4 aromatic rings. The third-order valence-corrected chi connectivity index (χ3v) is 5.75. The molecule has 32 heavy (non-hydrogen) atoms. The average Bonchev–Trinajstić information content (AvgIpc) is 2.78. The normalized spacial score (nSPS) is 13.4. The number of nitrogens with zero attached hydrogens (tertiary/aromatic N) is 1. The summed E-state index contributed by atoms with van der Waals surface area (Å²) in [5, 5.41) is 10.4. The Morgan fingerprint density at radius 3 is 2.31 bits per heavy atom. The zero-order valence-corrected chi connectivity index (χ0v) is 17.4. The van der Waals surface area contributed by atoms with E-state index >= 15 is 0 Å². The van der Waals surface area contributed by atoms with Gasteiger partial charge in [-0.15, -0.1) is 0 Å².